The maximum absolute atomic E-state index is 12.6. The van der Waals surface area contributed by atoms with Gasteiger partial charge in [0.05, 0.1) is 19.5 Å². The van der Waals surface area contributed by atoms with Gasteiger partial charge in [-0.05, 0) is 35.7 Å². The molecule has 10 heteroatoms. The van der Waals surface area contributed by atoms with Crippen molar-refractivity contribution in [3.63, 3.8) is 0 Å². The fourth-order valence-corrected chi connectivity index (χ4v) is 4.30. The molecule has 0 fully saturated rings. The number of aliphatic hydroxyl groups excluding tert-OH is 1. The predicted molar refractivity (Wildman–Crippen MR) is 135 cm³/mol. The lowest BCUT2D eigenvalue weighted by Gasteiger charge is -2.16. The molecular weight excluding hydrogens is 466 g/mol. The first-order valence-electron chi connectivity index (χ1n) is 10.9. The van der Waals surface area contributed by atoms with Crippen LogP contribution in [0, 0.1) is 0 Å². The summed E-state index contributed by atoms with van der Waals surface area (Å²) >= 11 is 1.22. The monoisotopic (exact) mass is 491 g/mol. The molecule has 0 aliphatic rings. The molecule has 0 radical (unpaired) electrons. The van der Waals surface area contributed by atoms with Gasteiger partial charge in [-0.15, -0.1) is 10.2 Å². The molecule has 0 aliphatic carbocycles. The zero-order valence-electron chi connectivity index (χ0n) is 19.3. The van der Waals surface area contributed by atoms with Crippen LogP contribution in [0.1, 0.15) is 22.2 Å². The van der Waals surface area contributed by atoms with Crippen molar-refractivity contribution in [2.24, 2.45) is 7.05 Å². The molecule has 0 saturated heterocycles. The van der Waals surface area contributed by atoms with Gasteiger partial charge >= 0.3 is 0 Å². The number of nitrogens with one attached hydrogen (secondary N) is 2. The Bertz CT molecular complexity index is 1330. The van der Waals surface area contributed by atoms with Crippen molar-refractivity contribution in [2.75, 3.05) is 24.8 Å². The number of benzene rings is 3. The number of amides is 2. The molecule has 0 aliphatic heterocycles. The molecule has 180 valence electrons. The van der Waals surface area contributed by atoms with Gasteiger partial charge < -0.3 is 25.0 Å². The largest absolute Gasteiger partial charge is 0.497 e. The molecule has 3 N–H and O–H groups in total. The molecule has 4 aromatic rings. The van der Waals surface area contributed by atoms with Gasteiger partial charge in [-0.2, -0.15) is 0 Å². The van der Waals surface area contributed by atoms with E-state index >= 15 is 0 Å². The summed E-state index contributed by atoms with van der Waals surface area (Å²) in [6, 6.07) is 19.5. The number of aromatic nitrogens is 3. The number of nitrogens with zero attached hydrogens (tertiary/aromatic N) is 3. The Morgan fingerprint density at radius 2 is 1.80 bits per heavy atom. The standard InChI is InChI=1S/C25H25N5O4S/c1-30-23(21(14-31)27-24(33)17-10-12-18(34-2)13-11-17)28-29-25(30)35-15-22(32)26-20-9-5-7-16-6-3-4-8-19(16)20/h3-13,21,31H,14-15H2,1-2H3,(H,26,32)(H,27,33)/t21-/m1/s1. The topological polar surface area (TPSA) is 118 Å². The van der Waals surface area contributed by atoms with Gasteiger partial charge in [0.15, 0.2) is 11.0 Å². The van der Waals surface area contributed by atoms with Crippen LogP contribution in [0.4, 0.5) is 5.69 Å². The maximum Gasteiger partial charge on any atom is 0.251 e. The Labute approximate surface area is 206 Å². The van der Waals surface area contributed by atoms with Crippen molar-refractivity contribution in [2.45, 2.75) is 11.2 Å². The molecule has 2 amide bonds. The van der Waals surface area contributed by atoms with E-state index in [-0.39, 0.29) is 24.2 Å². The van der Waals surface area contributed by atoms with E-state index < -0.39 is 6.04 Å². The second-order valence-electron chi connectivity index (χ2n) is 7.70. The number of hydrogen-bond acceptors (Lipinski definition) is 7. The van der Waals surface area contributed by atoms with Crippen molar-refractivity contribution >= 4 is 40.0 Å². The fraction of sp³-hybridized carbons (Fsp3) is 0.200. The summed E-state index contributed by atoms with van der Waals surface area (Å²) < 4.78 is 6.76. The minimum absolute atomic E-state index is 0.122. The van der Waals surface area contributed by atoms with Gasteiger partial charge in [-0.1, -0.05) is 48.2 Å². The smallest absolute Gasteiger partial charge is 0.251 e. The molecule has 0 spiro atoms. The molecule has 1 heterocycles. The van der Waals surface area contributed by atoms with Crippen molar-refractivity contribution in [1.29, 1.82) is 0 Å². The number of methoxy groups -OCH3 is 1. The predicted octanol–water partition coefficient (Wildman–Crippen LogP) is 3.17. The lowest BCUT2D eigenvalue weighted by Crippen LogP contribution is -2.32. The van der Waals surface area contributed by atoms with Crippen LogP contribution in [0.3, 0.4) is 0 Å². The summed E-state index contributed by atoms with van der Waals surface area (Å²) in [5.74, 6) is 0.601. The summed E-state index contributed by atoms with van der Waals surface area (Å²) in [5, 5.41) is 26.3. The molecule has 0 saturated carbocycles. The number of hydrogen-bond donors (Lipinski definition) is 3. The van der Waals surface area contributed by atoms with Crippen molar-refractivity contribution in [1.82, 2.24) is 20.1 Å². The third-order valence-corrected chi connectivity index (χ3v) is 6.44. The second kappa shape index (κ2) is 11.0. The molecule has 3 aromatic carbocycles. The van der Waals surface area contributed by atoms with Crippen LogP contribution in [0.15, 0.2) is 71.9 Å². The summed E-state index contributed by atoms with van der Waals surface area (Å²) in [4.78, 5) is 25.2. The number of carbonyl (C=O) groups is 2. The average molecular weight is 492 g/mol. The maximum atomic E-state index is 12.6. The number of rotatable bonds is 9. The van der Waals surface area contributed by atoms with E-state index in [4.69, 9.17) is 4.74 Å². The number of ether oxygens (including phenoxy) is 1. The quantitative estimate of drug-likeness (QED) is 0.308. The number of thioether (sulfide) groups is 1. The molecule has 35 heavy (non-hydrogen) atoms. The second-order valence-corrected chi connectivity index (χ2v) is 8.64. The van der Waals surface area contributed by atoms with Crippen LogP contribution in [-0.4, -0.2) is 51.2 Å². The highest BCUT2D eigenvalue weighted by atomic mass is 32.2. The first kappa shape index (κ1) is 24.2. The van der Waals surface area contributed by atoms with Crippen molar-refractivity contribution in [3.05, 3.63) is 78.1 Å². The van der Waals surface area contributed by atoms with Crippen molar-refractivity contribution < 1.29 is 19.4 Å². The Hall–Kier alpha value is -3.89. The third-order valence-electron chi connectivity index (χ3n) is 5.42. The van der Waals surface area contributed by atoms with Crippen LogP contribution < -0.4 is 15.4 Å². The minimum Gasteiger partial charge on any atom is -0.497 e. The third kappa shape index (κ3) is 5.61. The van der Waals surface area contributed by atoms with Crippen LogP contribution in [0.2, 0.25) is 0 Å². The molecular formula is C25H25N5O4S. The zero-order chi connectivity index (χ0) is 24.8. The van der Waals surface area contributed by atoms with Crippen LogP contribution in [-0.2, 0) is 11.8 Å². The number of aliphatic hydroxyl groups is 1. The van der Waals surface area contributed by atoms with Gasteiger partial charge in [-0.25, -0.2) is 0 Å². The number of carbonyl (C=O) groups excluding carboxylic acids is 2. The Kier molecular flexibility index (Phi) is 7.64. The molecule has 9 nitrogen and oxygen atoms in total. The molecule has 4 rings (SSSR count). The van der Waals surface area contributed by atoms with Crippen LogP contribution in [0.25, 0.3) is 10.8 Å². The summed E-state index contributed by atoms with van der Waals surface area (Å²) in [7, 11) is 3.27. The van der Waals surface area contributed by atoms with E-state index in [1.54, 1.807) is 43.0 Å². The fourth-order valence-electron chi connectivity index (χ4n) is 3.58. The first-order chi connectivity index (χ1) is 17.0. The molecule has 0 unspecified atom stereocenters. The Morgan fingerprint density at radius 1 is 1.06 bits per heavy atom. The van der Waals surface area contributed by atoms with Gasteiger partial charge in [0.1, 0.15) is 11.8 Å². The highest BCUT2D eigenvalue weighted by molar-refractivity contribution is 7.99. The van der Waals surface area contributed by atoms with E-state index in [1.165, 1.54) is 11.8 Å². The minimum atomic E-state index is -0.763. The lowest BCUT2D eigenvalue weighted by molar-refractivity contribution is -0.113. The van der Waals surface area contributed by atoms with Gasteiger partial charge in [0.2, 0.25) is 5.91 Å². The lowest BCUT2D eigenvalue weighted by atomic mass is 10.1. The van der Waals surface area contributed by atoms with E-state index in [1.807, 2.05) is 42.5 Å². The summed E-state index contributed by atoms with van der Waals surface area (Å²) in [6.07, 6.45) is 0. The molecule has 0 bridgehead atoms. The number of fused-ring (bicyclic) bond motifs is 1. The van der Waals surface area contributed by atoms with Gasteiger partial charge in [0.25, 0.3) is 5.91 Å². The van der Waals surface area contributed by atoms with E-state index in [0.717, 1.165) is 16.5 Å². The molecule has 1 aromatic heterocycles. The van der Waals surface area contributed by atoms with E-state index in [2.05, 4.69) is 20.8 Å². The van der Waals surface area contributed by atoms with Crippen LogP contribution >= 0.6 is 11.8 Å². The Balaban J connectivity index is 1.39. The molecule has 1 atom stereocenters. The summed E-state index contributed by atoms with van der Waals surface area (Å²) in [5.41, 5.74) is 1.17. The average Bonchev–Trinajstić information content (AvgIpc) is 3.26. The first-order valence-corrected chi connectivity index (χ1v) is 11.8. The van der Waals surface area contributed by atoms with E-state index in [9.17, 15) is 14.7 Å². The number of anilines is 1. The van der Waals surface area contributed by atoms with Gasteiger partial charge in [0, 0.05) is 23.7 Å². The SMILES string of the molecule is COc1ccc(C(=O)N[C@H](CO)c2nnc(SCC(=O)Nc3cccc4ccccc34)n2C)cc1. The van der Waals surface area contributed by atoms with Crippen molar-refractivity contribution in [3.8, 4) is 5.75 Å². The highest BCUT2D eigenvalue weighted by Gasteiger charge is 2.22. The Morgan fingerprint density at radius 3 is 2.54 bits per heavy atom. The van der Waals surface area contributed by atoms with Gasteiger partial charge in [-0.3, -0.25) is 9.59 Å². The zero-order valence-corrected chi connectivity index (χ0v) is 20.1. The normalized spacial score (nSPS) is 11.7. The van der Waals surface area contributed by atoms with Crippen LogP contribution in [0.5, 0.6) is 5.75 Å². The van der Waals surface area contributed by atoms with E-state index in [0.29, 0.717) is 22.3 Å². The summed E-state index contributed by atoms with van der Waals surface area (Å²) in [6.45, 7) is -0.361. The highest BCUT2D eigenvalue weighted by Crippen LogP contribution is 2.24.